The number of methoxy groups -OCH3 is 1. The number of para-hydroxylation sites is 1. The summed E-state index contributed by atoms with van der Waals surface area (Å²) in [6.07, 6.45) is -5.19. The summed E-state index contributed by atoms with van der Waals surface area (Å²) < 4.78 is 46.8. The average molecular weight is 421 g/mol. The topological polar surface area (TPSA) is 87.7 Å². The van der Waals surface area contributed by atoms with E-state index in [0.29, 0.717) is 16.2 Å². The van der Waals surface area contributed by atoms with Crippen LogP contribution in [-0.4, -0.2) is 48.2 Å². The average Bonchev–Trinajstić information content (AvgIpc) is 2.97. The van der Waals surface area contributed by atoms with Crippen molar-refractivity contribution < 1.29 is 32.3 Å². The maximum Gasteiger partial charge on any atom is 0.440 e. The molecule has 0 saturated carbocycles. The maximum absolute atomic E-state index is 13.9. The number of benzene rings is 2. The van der Waals surface area contributed by atoms with Crippen molar-refractivity contribution in [1.29, 1.82) is 0 Å². The number of rotatable bonds is 6. The molecule has 0 bridgehead atoms. The van der Waals surface area contributed by atoms with Crippen molar-refractivity contribution in [2.24, 2.45) is 0 Å². The Kier molecular flexibility index (Phi) is 5.68. The molecule has 0 spiro atoms. The molecule has 2 aromatic carbocycles. The van der Waals surface area contributed by atoms with Gasteiger partial charge in [-0.3, -0.25) is 19.8 Å². The third kappa shape index (κ3) is 3.80. The Labute approximate surface area is 169 Å². The van der Waals surface area contributed by atoms with Crippen LogP contribution < -0.4 is 15.4 Å². The highest BCUT2D eigenvalue weighted by Gasteiger charge is 2.68. The summed E-state index contributed by atoms with van der Waals surface area (Å²) >= 11 is 0. The number of amides is 4. The molecule has 0 radical (unpaired) electrons. The molecule has 10 heteroatoms. The number of carbonyl (C=O) groups excluding carboxylic acids is 3. The summed E-state index contributed by atoms with van der Waals surface area (Å²) in [5.74, 6) is -2.27. The first-order valence-corrected chi connectivity index (χ1v) is 8.90. The van der Waals surface area contributed by atoms with Crippen LogP contribution in [0.25, 0.3) is 0 Å². The third-order valence-electron chi connectivity index (χ3n) is 4.67. The minimum absolute atomic E-state index is 0.0732. The van der Waals surface area contributed by atoms with Gasteiger partial charge in [0.2, 0.25) is 0 Å². The van der Waals surface area contributed by atoms with E-state index in [4.69, 9.17) is 4.74 Å². The summed E-state index contributed by atoms with van der Waals surface area (Å²) in [5, 5.41) is 3.29. The zero-order valence-corrected chi connectivity index (χ0v) is 15.8. The summed E-state index contributed by atoms with van der Waals surface area (Å²) in [6.45, 7) is -0.329. The van der Waals surface area contributed by atoms with E-state index in [2.05, 4.69) is 0 Å². The van der Waals surface area contributed by atoms with E-state index in [1.807, 2.05) is 0 Å². The molecular formula is C20H18F3N3O4. The number of imide groups is 1. The summed E-state index contributed by atoms with van der Waals surface area (Å²) in [4.78, 5) is 37.7. The number of halogens is 3. The molecule has 0 aliphatic carbocycles. The van der Waals surface area contributed by atoms with Gasteiger partial charge in [-0.1, -0.05) is 36.4 Å². The predicted molar refractivity (Wildman–Crippen MR) is 99.6 cm³/mol. The quantitative estimate of drug-likeness (QED) is 0.702. The number of nitrogens with zero attached hydrogens (tertiary/aromatic N) is 1. The Morgan fingerprint density at radius 2 is 1.73 bits per heavy atom. The smallest absolute Gasteiger partial charge is 0.440 e. The monoisotopic (exact) mass is 421 g/mol. The number of hydrogen-bond acceptors (Lipinski definition) is 4. The minimum atomic E-state index is -5.26. The minimum Gasteiger partial charge on any atom is -0.496 e. The van der Waals surface area contributed by atoms with E-state index in [0.717, 1.165) is 0 Å². The molecule has 1 fully saturated rings. The highest BCUT2D eigenvalue weighted by Crippen LogP contribution is 2.34. The Bertz CT molecular complexity index is 965. The van der Waals surface area contributed by atoms with Gasteiger partial charge in [0.1, 0.15) is 5.75 Å². The first-order valence-electron chi connectivity index (χ1n) is 8.90. The van der Waals surface area contributed by atoms with Crippen LogP contribution in [0.1, 0.15) is 15.9 Å². The second-order valence-electron chi connectivity index (χ2n) is 6.52. The van der Waals surface area contributed by atoms with Gasteiger partial charge in [-0.2, -0.15) is 13.2 Å². The molecule has 2 aromatic rings. The van der Waals surface area contributed by atoms with Crippen LogP contribution in [0, 0.1) is 0 Å². The van der Waals surface area contributed by atoms with Crippen molar-refractivity contribution in [3.63, 3.8) is 0 Å². The number of ether oxygens (including phenoxy) is 1. The molecule has 158 valence electrons. The highest BCUT2D eigenvalue weighted by molar-refractivity contribution is 6.10. The molecule has 2 N–H and O–H groups in total. The maximum atomic E-state index is 13.9. The Balaban J connectivity index is 1.84. The molecule has 4 amide bonds. The van der Waals surface area contributed by atoms with Crippen LogP contribution >= 0.6 is 0 Å². The molecule has 3 rings (SSSR count). The second-order valence-corrected chi connectivity index (χ2v) is 6.52. The third-order valence-corrected chi connectivity index (χ3v) is 4.67. The molecule has 1 atom stereocenters. The predicted octanol–water partition coefficient (Wildman–Crippen LogP) is 2.48. The zero-order chi connectivity index (χ0) is 21.9. The summed E-state index contributed by atoms with van der Waals surface area (Å²) in [5.41, 5.74) is -3.02. The van der Waals surface area contributed by atoms with Crippen LogP contribution in [0.4, 0.5) is 18.0 Å². The number of alkyl halides is 3. The fourth-order valence-corrected chi connectivity index (χ4v) is 3.10. The van der Waals surface area contributed by atoms with Gasteiger partial charge < -0.3 is 10.1 Å². The van der Waals surface area contributed by atoms with Crippen molar-refractivity contribution in [3.8, 4) is 5.75 Å². The van der Waals surface area contributed by atoms with Crippen molar-refractivity contribution >= 4 is 17.8 Å². The van der Waals surface area contributed by atoms with Crippen LogP contribution in [-0.2, 0) is 11.2 Å². The number of hydrogen-bond donors (Lipinski definition) is 2. The van der Waals surface area contributed by atoms with Gasteiger partial charge in [-0.15, -0.1) is 0 Å². The molecule has 7 nitrogen and oxygen atoms in total. The largest absolute Gasteiger partial charge is 0.496 e. The van der Waals surface area contributed by atoms with Crippen LogP contribution in [0.2, 0.25) is 0 Å². The zero-order valence-electron chi connectivity index (χ0n) is 15.8. The van der Waals surface area contributed by atoms with Gasteiger partial charge in [-0.05, 0) is 30.2 Å². The normalized spacial score (nSPS) is 18.9. The van der Waals surface area contributed by atoms with Gasteiger partial charge in [0.25, 0.3) is 17.5 Å². The molecule has 0 aromatic heterocycles. The van der Waals surface area contributed by atoms with Crippen LogP contribution in [0.15, 0.2) is 54.6 Å². The fraction of sp³-hybridized carbons (Fsp3) is 0.250. The highest BCUT2D eigenvalue weighted by atomic mass is 19.4. The van der Waals surface area contributed by atoms with E-state index >= 15 is 0 Å². The van der Waals surface area contributed by atoms with Crippen molar-refractivity contribution in [1.82, 2.24) is 15.5 Å². The number of urea groups is 1. The molecule has 1 aliphatic rings. The number of carbonyl (C=O) groups is 3. The second kappa shape index (κ2) is 8.05. The van der Waals surface area contributed by atoms with E-state index in [-0.39, 0.29) is 18.5 Å². The standard InChI is InChI=1S/C20H18F3N3O4/c1-30-15-10-6-5-7-13(15)11-12-26-17(28)19(20(21,22)23,25-18(26)29)24-16(27)14-8-3-2-4-9-14/h2-10H,11-12H2,1H3,(H,24,27)(H,25,29). The molecule has 1 saturated heterocycles. The molecule has 1 unspecified atom stereocenters. The molecule has 30 heavy (non-hydrogen) atoms. The lowest BCUT2D eigenvalue weighted by Gasteiger charge is -2.29. The number of nitrogens with one attached hydrogen (secondary N) is 2. The Hall–Kier alpha value is -3.56. The molecule has 1 heterocycles. The first-order chi connectivity index (χ1) is 14.2. The van der Waals surface area contributed by atoms with Crippen molar-refractivity contribution in [2.75, 3.05) is 13.7 Å². The van der Waals surface area contributed by atoms with E-state index in [1.54, 1.807) is 41.0 Å². The fourth-order valence-electron chi connectivity index (χ4n) is 3.10. The molecular weight excluding hydrogens is 403 g/mol. The Morgan fingerprint density at radius 3 is 2.37 bits per heavy atom. The van der Waals surface area contributed by atoms with Gasteiger partial charge in [0.05, 0.1) is 7.11 Å². The van der Waals surface area contributed by atoms with E-state index in [9.17, 15) is 27.6 Å². The van der Waals surface area contributed by atoms with Gasteiger partial charge >= 0.3 is 12.2 Å². The summed E-state index contributed by atoms with van der Waals surface area (Å²) in [7, 11) is 1.43. The van der Waals surface area contributed by atoms with Gasteiger partial charge in [-0.25, -0.2) is 4.79 Å². The lowest BCUT2D eigenvalue weighted by Crippen LogP contribution is -2.69. The van der Waals surface area contributed by atoms with Gasteiger partial charge in [0, 0.05) is 12.1 Å². The SMILES string of the molecule is COc1ccccc1CCN1C(=O)NC(NC(=O)c2ccccc2)(C(F)(F)F)C1=O. The van der Waals surface area contributed by atoms with E-state index in [1.165, 1.54) is 31.4 Å². The lowest BCUT2D eigenvalue weighted by atomic mass is 10.1. The summed E-state index contributed by atoms with van der Waals surface area (Å²) in [6, 6.07) is 12.6. The Morgan fingerprint density at radius 1 is 1.10 bits per heavy atom. The van der Waals surface area contributed by atoms with Crippen LogP contribution in [0.3, 0.4) is 0 Å². The molecule has 1 aliphatic heterocycles. The van der Waals surface area contributed by atoms with Crippen molar-refractivity contribution in [2.45, 2.75) is 18.3 Å². The van der Waals surface area contributed by atoms with Gasteiger partial charge in [0.15, 0.2) is 0 Å². The van der Waals surface area contributed by atoms with Crippen LogP contribution in [0.5, 0.6) is 5.75 Å². The van der Waals surface area contributed by atoms with E-state index < -0.39 is 29.7 Å². The first kappa shape index (κ1) is 21.2. The van der Waals surface area contributed by atoms with Crippen molar-refractivity contribution in [3.05, 3.63) is 65.7 Å². The lowest BCUT2D eigenvalue weighted by molar-refractivity contribution is -0.200.